The van der Waals surface area contributed by atoms with E-state index in [4.69, 9.17) is 5.11 Å². The Balaban J connectivity index is 1.74. The molecule has 1 fully saturated rings. The van der Waals surface area contributed by atoms with Gasteiger partial charge in [-0.2, -0.15) is 0 Å². The summed E-state index contributed by atoms with van der Waals surface area (Å²) in [5, 5.41) is 15.1. The number of hydrogen-bond donors (Lipinski definition) is 3. The van der Waals surface area contributed by atoms with E-state index in [-0.39, 0.29) is 18.7 Å². The number of aliphatic hydroxyl groups is 1. The predicted octanol–water partition coefficient (Wildman–Crippen LogP) is 2.10. The molecule has 1 aromatic carbocycles. The standard InChI is InChI=1S/C18H29N3O2/c1-21(2)12-16-5-3-4-15(10-16)11-19-18(23)20-17-8-6-14(13-22)7-9-17/h3-5,10,14,17,22H,6-9,11-13H2,1-2H3,(H2,19,20,23). The molecule has 0 saturated heterocycles. The van der Waals surface area contributed by atoms with Crippen LogP contribution in [0.3, 0.4) is 0 Å². The lowest BCUT2D eigenvalue weighted by molar-refractivity contribution is 0.174. The van der Waals surface area contributed by atoms with Gasteiger partial charge in [0.2, 0.25) is 0 Å². The fraction of sp³-hybridized carbons (Fsp3) is 0.611. The summed E-state index contributed by atoms with van der Waals surface area (Å²) >= 11 is 0. The van der Waals surface area contributed by atoms with Gasteiger partial charge in [0.25, 0.3) is 0 Å². The number of benzene rings is 1. The average molecular weight is 319 g/mol. The van der Waals surface area contributed by atoms with Gasteiger partial charge in [0.1, 0.15) is 0 Å². The van der Waals surface area contributed by atoms with Gasteiger partial charge in [-0.15, -0.1) is 0 Å². The summed E-state index contributed by atoms with van der Waals surface area (Å²) in [4.78, 5) is 14.1. The van der Waals surface area contributed by atoms with Gasteiger partial charge in [0.05, 0.1) is 0 Å². The van der Waals surface area contributed by atoms with E-state index in [0.717, 1.165) is 37.8 Å². The molecule has 23 heavy (non-hydrogen) atoms. The lowest BCUT2D eigenvalue weighted by Gasteiger charge is -2.28. The molecule has 128 valence electrons. The van der Waals surface area contributed by atoms with Gasteiger partial charge in [-0.1, -0.05) is 24.3 Å². The Labute approximate surface area is 139 Å². The number of aliphatic hydroxyl groups excluding tert-OH is 1. The summed E-state index contributed by atoms with van der Waals surface area (Å²) in [6.45, 7) is 1.70. The van der Waals surface area contributed by atoms with Crippen LogP contribution in [0.1, 0.15) is 36.8 Å². The summed E-state index contributed by atoms with van der Waals surface area (Å²) in [7, 11) is 4.09. The summed E-state index contributed by atoms with van der Waals surface area (Å²) in [6, 6.07) is 8.43. The minimum atomic E-state index is -0.101. The Kier molecular flexibility index (Phi) is 6.86. The van der Waals surface area contributed by atoms with E-state index in [9.17, 15) is 4.79 Å². The van der Waals surface area contributed by atoms with Crippen LogP contribution >= 0.6 is 0 Å². The van der Waals surface area contributed by atoms with Gasteiger partial charge in [-0.25, -0.2) is 4.79 Å². The minimum absolute atomic E-state index is 0.101. The van der Waals surface area contributed by atoms with Crippen LogP contribution in [0.2, 0.25) is 0 Å². The molecular formula is C18H29N3O2. The van der Waals surface area contributed by atoms with Gasteiger partial charge in [-0.3, -0.25) is 0 Å². The first-order valence-corrected chi connectivity index (χ1v) is 8.44. The second-order valence-electron chi connectivity index (χ2n) is 6.78. The van der Waals surface area contributed by atoms with Crippen molar-refractivity contribution < 1.29 is 9.90 Å². The number of urea groups is 1. The van der Waals surface area contributed by atoms with Gasteiger partial charge < -0.3 is 20.6 Å². The molecule has 2 rings (SSSR count). The highest BCUT2D eigenvalue weighted by molar-refractivity contribution is 5.74. The summed E-state index contributed by atoms with van der Waals surface area (Å²) in [5.41, 5.74) is 2.36. The van der Waals surface area contributed by atoms with Gasteiger partial charge >= 0.3 is 6.03 Å². The maximum absolute atomic E-state index is 12.0. The Hall–Kier alpha value is -1.59. The molecule has 0 radical (unpaired) electrons. The van der Waals surface area contributed by atoms with Gasteiger partial charge in [0, 0.05) is 25.7 Å². The smallest absolute Gasteiger partial charge is 0.315 e. The summed E-state index contributed by atoms with van der Waals surface area (Å²) in [5.74, 6) is 0.413. The molecule has 1 saturated carbocycles. The highest BCUT2D eigenvalue weighted by atomic mass is 16.3. The third-order valence-electron chi connectivity index (χ3n) is 4.38. The first-order valence-electron chi connectivity index (χ1n) is 8.44. The molecular weight excluding hydrogens is 290 g/mol. The SMILES string of the molecule is CN(C)Cc1cccc(CNC(=O)NC2CCC(CO)CC2)c1. The quantitative estimate of drug-likeness (QED) is 0.752. The minimum Gasteiger partial charge on any atom is -0.396 e. The highest BCUT2D eigenvalue weighted by Crippen LogP contribution is 2.23. The molecule has 3 N–H and O–H groups in total. The van der Waals surface area contributed by atoms with Crippen molar-refractivity contribution in [3.63, 3.8) is 0 Å². The fourth-order valence-electron chi connectivity index (χ4n) is 3.11. The molecule has 1 aliphatic rings. The first kappa shape index (κ1) is 17.8. The van der Waals surface area contributed by atoms with E-state index in [1.165, 1.54) is 5.56 Å². The van der Waals surface area contributed by atoms with Crippen molar-refractivity contribution in [1.29, 1.82) is 0 Å². The zero-order valence-corrected chi connectivity index (χ0v) is 14.2. The van der Waals surface area contributed by atoms with Gasteiger partial charge in [-0.05, 0) is 56.8 Å². The number of carbonyl (C=O) groups is 1. The van der Waals surface area contributed by atoms with Crippen molar-refractivity contribution in [3.05, 3.63) is 35.4 Å². The van der Waals surface area contributed by atoms with Crippen LogP contribution < -0.4 is 10.6 Å². The lowest BCUT2D eigenvalue weighted by atomic mass is 9.87. The van der Waals surface area contributed by atoms with Crippen molar-refractivity contribution in [2.45, 2.75) is 44.8 Å². The number of amides is 2. The Morgan fingerprint density at radius 3 is 2.57 bits per heavy atom. The zero-order chi connectivity index (χ0) is 16.7. The van der Waals surface area contributed by atoms with Crippen LogP contribution in [-0.4, -0.2) is 42.8 Å². The van der Waals surface area contributed by atoms with Crippen molar-refractivity contribution in [2.24, 2.45) is 5.92 Å². The molecule has 5 nitrogen and oxygen atoms in total. The number of nitrogens with one attached hydrogen (secondary N) is 2. The number of carbonyl (C=O) groups excluding carboxylic acids is 1. The van der Waals surface area contributed by atoms with Crippen molar-refractivity contribution in [1.82, 2.24) is 15.5 Å². The maximum atomic E-state index is 12.0. The van der Waals surface area contributed by atoms with Crippen molar-refractivity contribution in [2.75, 3.05) is 20.7 Å². The zero-order valence-electron chi connectivity index (χ0n) is 14.2. The molecule has 0 atom stereocenters. The molecule has 0 aromatic heterocycles. The number of rotatable bonds is 6. The second-order valence-corrected chi connectivity index (χ2v) is 6.78. The van der Waals surface area contributed by atoms with E-state index in [1.807, 2.05) is 26.2 Å². The normalized spacial score (nSPS) is 21.2. The molecule has 0 heterocycles. The van der Waals surface area contributed by atoms with Crippen molar-refractivity contribution >= 4 is 6.03 Å². The first-order chi connectivity index (χ1) is 11.1. The van der Waals surface area contributed by atoms with E-state index < -0.39 is 0 Å². The molecule has 1 aromatic rings. The third-order valence-corrected chi connectivity index (χ3v) is 4.38. The maximum Gasteiger partial charge on any atom is 0.315 e. The third kappa shape index (κ3) is 6.20. The van der Waals surface area contributed by atoms with Crippen LogP contribution in [0.25, 0.3) is 0 Å². The summed E-state index contributed by atoms with van der Waals surface area (Å²) < 4.78 is 0. The van der Waals surface area contributed by atoms with Crippen LogP contribution in [-0.2, 0) is 13.1 Å². The number of hydrogen-bond acceptors (Lipinski definition) is 3. The molecule has 2 amide bonds. The Morgan fingerprint density at radius 2 is 1.91 bits per heavy atom. The Bertz CT molecular complexity index is 497. The summed E-state index contributed by atoms with van der Waals surface area (Å²) in [6.07, 6.45) is 3.90. The van der Waals surface area contributed by atoms with E-state index >= 15 is 0 Å². The van der Waals surface area contributed by atoms with Crippen LogP contribution in [0.5, 0.6) is 0 Å². The topological polar surface area (TPSA) is 64.6 Å². The van der Waals surface area contributed by atoms with Crippen LogP contribution in [0.15, 0.2) is 24.3 Å². The molecule has 0 spiro atoms. The van der Waals surface area contributed by atoms with E-state index in [2.05, 4.69) is 27.7 Å². The lowest BCUT2D eigenvalue weighted by Crippen LogP contribution is -2.43. The fourth-order valence-corrected chi connectivity index (χ4v) is 3.11. The molecule has 5 heteroatoms. The average Bonchev–Trinajstić information content (AvgIpc) is 2.53. The number of nitrogens with zero attached hydrogens (tertiary/aromatic N) is 1. The second kappa shape index (κ2) is 8.89. The van der Waals surface area contributed by atoms with Gasteiger partial charge in [0.15, 0.2) is 0 Å². The predicted molar refractivity (Wildman–Crippen MR) is 92.0 cm³/mol. The van der Waals surface area contributed by atoms with E-state index in [0.29, 0.717) is 12.5 Å². The Morgan fingerprint density at radius 1 is 1.22 bits per heavy atom. The molecule has 0 aliphatic heterocycles. The van der Waals surface area contributed by atoms with Crippen LogP contribution in [0, 0.1) is 5.92 Å². The monoisotopic (exact) mass is 319 g/mol. The molecule has 0 bridgehead atoms. The molecule has 1 aliphatic carbocycles. The van der Waals surface area contributed by atoms with Crippen molar-refractivity contribution in [3.8, 4) is 0 Å². The highest BCUT2D eigenvalue weighted by Gasteiger charge is 2.21. The molecule has 0 unspecified atom stereocenters. The van der Waals surface area contributed by atoms with E-state index in [1.54, 1.807) is 0 Å². The largest absolute Gasteiger partial charge is 0.396 e. The van der Waals surface area contributed by atoms with Crippen LogP contribution in [0.4, 0.5) is 4.79 Å².